The molecule has 1 aliphatic heterocycles. The minimum atomic E-state index is -0.626. The van der Waals surface area contributed by atoms with Crippen LogP contribution >= 0.6 is 74.6 Å². The summed E-state index contributed by atoms with van der Waals surface area (Å²) < 4.78 is 6.48. The summed E-state index contributed by atoms with van der Waals surface area (Å²) in [5.74, 6) is -0.685. The zero-order valence-electron chi connectivity index (χ0n) is 17.5. The van der Waals surface area contributed by atoms with Gasteiger partial charge in [-0.3, -0.25) is 19.8 Å². The first-order valence-corrected chi connectivity index (χ1v) is 12.6. The Morgan fingerprint density at radius 1 is 0.971 bits per heavy atom. The minimum Gasteiger partial charge on any atom is -0.488 e. The molecule has 1 aliphatic rings. The van der Waals surface area contributed by atoms with E-state index in [4.69, 9.17) is 63.4 Å². The summed E-state index contributed by atoms with van der Waals surface area (Å²) in [7, 11) is 0. The van der Waals surface area contributed by atoms with Crippen LogP contribution in [0.3, 0.4) is 0 Å². The Morgan fingerprint density at radius 2 is 1.74 bits per heavy atom. The first kappa shape index (κ1) is 25.9. The van der Waals surface area contributed by atoms with E-state index in [1.807, 2.05) is 6.07 Å². The van der Waals surface area contributed by atoms with Crippen LogP contribution in [-0.4, -0.2) is 16.9 Å². The van der Waals surface area contributed by atoms with E-state index in [1.54, 1.807) is 48.5 Å². The maximum atomic E-state index is 13.2. The van der Waals surface area contributed by atoms with Crippen molar-refractivity contribution >= 4 is 103 Å². The molecule has 3 aromatic rings. The molecule has 0 atom stereocenters. The molecule has 178 valence electrons. The molecular weight excluding hydrogens is 618 g/mol. The van der Waals surface area contributed by atoms with Crippen LogP contribution in [0.15, 0.2) is 64.6 Å². The molecule has 0 bridgehead atoms. The molecule has 0 saturated carbocycles. The van der Waals surface area contributed by atoms with Gasteiger partial charge < -0.3 is 4.74 Å². The number of amides is 2. The van der Waals surface area contributed by atoms with Crippen LogP contribution in [0.1, 0.15) is 11.1 Å². The number of rotatable bonds is 5. The van der Waals surface area contributed by atoms with Gasteiger partial charge in [0.05, 0.1) is 30.3 Å². The van der Waals surface area contributed by atoms with Gasteiger partial charge in [0.2, 0.25) is 0 Å². The summed E-state index contributed by atoms with van der Waals surface area (Å²) in [5.41, 5.74) is 1.58. The van der Waals surface area contributed by atoms with Crippen LogP contribution in [-0.2, 0) is 16.2 Å². The van der Waals surface area contributed by atoms with E-state index in [0.717, 1.165) is 10.5 Å². The van der Waals surface area contributed by atoms with Gasteiger partial charge in [0.25, 0.3) is 11.8 Å². The Kier molecular flexibility index (Phi) is 8.06. The molecule has 1 heterocycles. The number of hydrogen-bond donors (Lipinski definition) is 1. The normalized spacial score (nSPS) is 14.9. The van der Waals surface area contributed by atoms with Gasteiger partial charge in [-0.1, -0.05) is 64.6 Å². The first-order valence-electron chi connectivity index (χ1n) is 9.87. The van der Waals surface area contributed by atoms with Crippen LogP contribution in [0.4, 0.5) is 5.69 Å². The molecule has 0 aromatic heterocycles. The van der Waals surface area contributed by atoms with Crippen molar-refractivity contribution in [1.29, 1.82) is 0 Å². The molecule has 11 heteroatoms. The van der Waals surface area contributed by atoms with Crippen molar-refractivity contribution in [3.8, 4) is 5.75 Å². The van der Waals surface area contributed by atoms with Gasteiger partial charge in [-0.05, 0) is 81.7 Å². The first-order chi connectivity index (χ1) is 16.7. The molecular formula is C24H13BrCl4N2O3S. The molecule has 0 spiro atoms. The van der Waals surface area contributed by atoms with Gasteiger partial charge in [0.15, 0.2) is 5.11 Å². The lowest BCUT2D eigenvalue weighted by atomic mass is 10.1. The SMILES string of the molecule is O=C1NC(=S)N(c2cccc(Cl)c2Cl)C(=O)/C1=C/c1ccc(OCc2ccc(Cl)c(Cl)c2)c(Br)c1. The zero-order chi connectivity index (χ0) is 25.3. The highest BCUT2D eigenvalue weighted by molar-refractivity contribution is 9.10. The van der Waals surface area contributed by atoms with Crippen molar-refractivity contribution in [2.24, 2.45) is 0 Å². The monoisotopic (exact) mass is 628 g/mol. The number of halogens is 5. The Balaban J connectivity index is 1.58. The van der Waals surface area contributed by atoms with E-state index < -0.39 is 11.8 Å². The summed E-state index contributed by atoms with van der Waals surface area (Å²) >= 11 is 33.0. The van der Waals surface area contributed by atoms with E-state index in [1.165, 1.54) is 6.08 Å². The van der Waals surface area contributed by atoms with Gasteiger partial charge in [0.1, 0.15) is 17.9 Å². The van der Waals surface area contributed by atoms with Crippen molar-refractivity contribution in [1.82, 2.24) is 5.32 Å². The second-order valence-electron chi connectivity index (χ2n) is 7.26. The van der Waals surface area contributed by atoms with Crippen LogP contribution in [0.5, 0.6) is 5.75 Å². The maximum Gasteiger partial charge on any atom is 0.270 e. The van der Waals surface area contributed by atoms with Gasteiger partial charge >= 0.3 is 0 Å². The van der Waals surface area contributed by atoms with E-state index >= 15 is 0 Å². The molecule has 1 N–H and O–H groups in total. The molecule has 0 aliphatic carbocycles. The third-order valence-corrected chi connectivity index (χ3v) is 7.37. The third kappa shape index (κ3) is 5.66. The van der Waals surface area contributed by atoms with E-state index in [-0.39, 0.29) is 33.0 Å². The van der Waals surface area contributed by atoms with Gasteiger partial charge in [-0.15, -0.1) is 0 Å². The van der Waals surface area contributed by atoms with Crippen LogP contribution < -0.4 is 15.0 Å². The molecule has 0 unspecified atom stereocenters. The fourth-order valence-electron chi connectivity index (χ4n) is 3.22. The summed E-state index contributed by atoms with van der Waals surface area (Å²) in [6.45, 7) is 0.267. The predicted octanol–water partition coefficient (Wildman–Crippen LogP) is 7.47. The maximum absolute atomic E-state index is 13.2. The highest BCUT2D eigenvalue weighted by Crippen LogP contribution is 2.35. The van der Waals surface area contributed by atoms with Gasteiger partial charge in [-0.25, -0.2) is 0 Å². The molecule has 1 fully saturated rings. The Labute approximate surface area is 234 Å². The lowest BCUT2D eigenvalue weighted by Crippen LogP contribution is -2.54. The minimum absolute atomic E-state index is 0.0893. The number of hydrogen-bond acceptors (Lipinski definition) is 4. The van der Waals surface area contributed by atoms with Gasteiger partial charge in [-0.2, -0.15) is 0 Å². The van der Waals surface area contributed by atoms with E-state index in [9.17, 15) is 9.59 Å². The average Bonchev–Trinajstić information content (AvgIpc) is 2.81. The molecule has 5 nitrogen and oxygen atoms in total. The Hall–Kier alpha value is -2.13. The highest BCUT2D eigenvalue weighted by Gasteiger charge is 2.35. The second kappa shape index (κ2) is 10.9. The van der Waals surface area contributed by atoms with Crippen LogP contribution in [0.25, 0.3) is 6.08 Å². The lowest BCUT2D eigenvalue weighted by molar-refractivity contribution is -0.122. The van der Waals surface area contributed by atoms with E-state index in [2.05, 4.69) is 21.2 Å². The summed E-state index contributed by atoms with van der Waals surface area (Å²) in [5, 5.41) is 3.73. The van der Waals surface area contributed by atoms with Crippen LogP contribution in [0.2, 0.25) is 20.1 Å². The Bertz CT molecular complexity index is 1410. The number of nitrogens with one attached hydrogen (secondary N) is 1. The van der Waals surface area contributed by atoms with Crippen molar-refractivity contribution in [2.75, 3.05) is 4.90 Å². The lowest BCUT2D eigenvalue weighted by Gasteiger charge is -2.29. The number of carbonyl (C=O) groups is 2. The molecule has 1 saturated heterocycles. The highest BCUT2D eigenvalue weighted by atomic mass is 79.9. The topological polar surface area (TPSA) is 58.6 Å². The smallest absolute Gasteiger partial charge is 0.270 e. The average molecular weight is 631 g/mol. The quantitative estimate of drug-likeness (QED) is 0.181. The summed E-state index contributed by atoms with van der Waals surface area (Å²) in [6, 6.07) is 15.2. The van der Waals surface area contributed by atoms with Gasteiger partial charge in [0, 0.05) is 0 Å². The van der Waals surface area contributed by atoms with Crippen molar-refractivity contribution in [2.45, 2.75) is 6.61 Å². The number of carbonyl (C=O) groups excluding carboxylic acids is 2. The number of thiocarbonyl (C=S) groups is 1. The number of benzene rings is 3. The van der Waals surface area contributed by atoms with Crippen molar-refractivity contribution < 1.29 is 14.3 Å². The zero-order valence-corrected chi connectivity index (χ0v) is 22.9. The van der Waals surface area contributed by atoms with Crippen LogP contribution in [0, 0.1) is 0 Å². The van der Waals surface area contributed by atoms with Crippen molar-refractivity contribution in [3.63, 3.8) is 0 Å². The molecule has 2 amide bonds. The summed E-state index contributed by atoms with van der Waals surface area (Å²) in [6.07, 6.45) is 1.46. The summed E-state index contributed by atoms with van der Waals surface area (Å²) in [4.78, 5) is 26.9. The van der Waals surface area contributed by atoms with E-state index in [0.29, 0.717) is 25.8 Å². The number of anilines is 1. The molecule has 0 radical (unpaired) electrons. The van der Waals surface area contributed by atoms with Crippen molar-refractivity contribution in [3.05, 3.63) is 95.9 Å². The number of ether oxygens (including phenoxy) is 1. The Morgan fingerprint density at radius 3 is 2.46 bits per heavy atom. The predicted molar refractivity (Wildman–Crippen MR) is 148 cm³/mol. The number of nitrogens with zero attached hydrogens (tertiary/aromatic N) is 1. The molecule has 3 aromatic carbocycles. The standard InChI is InChI=1S/C24H13BrCl4N2O3S/c25-15-9-12(5-7-20(15)34-11-13-4-6-16(26)18(28)10-13)8-14-22(32)30-24(35)31(23(14)33)19-3-1-2-17(27)21(19)29/h1-10H,11H2,(H,30,32,35)/b14-8+. The fraction of sp³-hybridized carbons (Fsp3) is 0.0417. The second-order valence-corrected chi connectivity index (χ2v) is 10.1. The largest absolute Gasteiger partial charge is 0.488 e. The molecule has 4 rings (SSSR count). The fourth-order valence-corrected chi connectivity index (χ4v) is 4.71. The third-order valence-electron chi connectivity index (χ3n) is 4.92. The molecule has 35 heavy (non-hydrogen) atoms.